The minimum Gasteiger partial charge on any atom is -0.492 e. The Balaban J connectivity index is 1.71. The lowest BCUT2D eigenvalue weighted by Gasteiger charge is -2.08. The fourth-order valence-electron chi connectivity index (χ4n) is 2.76. The lowest BCUT2D eigenvalue weighted by atomic mass is 10.2. The highest BCUT2D eigenvalue weighted by molar-refractivity contribution is 7.17. The van der Waals surface area contributed by atoms with Crippen molar-refractivity contribution in [2.45, 2.75) is 6.92 Å². The van der Waals surface area contributed by atoms with Crippen LogP contribution in [0.5, 0.6) is 5.75 Å². The number of nitrogens with one attached hydrogen (secondary N) is 2. The number of anilines is 1. The number of rotatable bonds is 8. The summed E-state index contributed by atoms with van der Waals surface area (Å²) in [5, 5.41) is 5.29. The standard InChI is InChI=1S/C23H22N2O5S/c1-3-30-18-13-19(15-7-5-4-6-8-15)31-21(18)23(28)25-17-11-9-16(10-12-17)22(27)24-14-20(26)29-2/h4-13H,3,14H2,1-2H3,(H,24,27)(H,25,28). The zero-order valence-electron chi connectivity index (χ0n) is 17.1. The maximum absolute atomic E-state index is 12.9. The second-order valence-electron chi connectivity index (χ2n) is 6.39. The zero-order chi connectivity index (χ0) is 22.2. The summed E-state index contributed by atoms with van der Waals surface area (Å²) in [6.45, 7) is 2.10. The molecule has 3 rings (SSSR count). The van der Waals surface area contributed by atoms with Gasteiger partial charge in [-0.25, -0.2) is 0 Å². The first-order valence-corrected chi connectivity index (χ1v) is 10.4. The van der Waals surface area contributed by atoms with Gasteiger partial charge in [-0.1, -0.05) is 30.3 Å². The van der Waals surface area contributed by atoms with Gasteiger partial charge in [-0.05, 0) is 42.8 Å². The third-order valence-electron chi connectivity index (χ3n) is 4.29. The molecule has 0 atom stereocenters. The average molecular weight is 439 g/mol. The minimum atomic E-state index is -0.534. The maximum Gasteiger partial charge on any atom is 0.325 e. The minimum absolute atomic E-state index is 0.212. The molecule has 0 aliphatic heterocycles. The molecule has 0 spiro atoms. The Labute approximate surface area is 184 Å². The van der Waals surface area contributed by atoms with Gasteiger partial charge in [-0.3, -0.25) is 14.4 Å². The Hall–Kier alpha value is -3.65. The van der Waals surface area contributed by atoms with Crippen molar-refractivity contribution in [2.24, 2.45) is 0 Å². The van der Waals surface area contributed by atoms with Crippen LogP contribution in [0.15, 0.2) is 60.7 Å². The highest BCUT2D eigenvalue weighted by Gasteiger charge is 2.19. The Bertz CT molecular complexity index is 1060. The molecule has 1 aromatic heterocycles. The van der Waals surface area contributed by atoms with E-state index in [1.54, 1.807) is 24.3 Å². The van der Waals surface area contributed by atoms with Gasteiger partial charge in [-0.15, -0.1) is 11.3 Å². The molecule has 8 heteroatoms. The van der Waals surface area contributed by atoms with E-state index in [2.05, 4.69) is 15.4 Å². The third-order valence-corrected chi connectivity index (χ3v) is 5.45. The largest absolute Gasteiger partial charge is 0.492 e. The van der Waals surface area contributed by atoms with Gasteiger partial charge in [0, 0.05) is 16.1 Å². The van der Waals surface area contributed by atoms with Crippen LogP contribution in [0.4, 0.5) is 5.69 Å². The maximum atomic E-state index is 12.9. The Kier molecular flexibility index (Phi) is 7.40. The molecule has 0 aliphatic rings. The smallest absolute Gasteiger partial charge is 0.325 e. The van der Waals surface area contributed by atoms with Crippen LogP contribution in [-0.2, 0) is 9.53 Å². The molecule has 0 unspecified atom stereocenters. The Morgan fingerprint density at radius 3 is 2.32 bits per heavy atom. The van der Waals surface area contributed by atoms with Crippen molar-refractivity contribution in [1.29, 1.82) is 0 Å². The monoisotopic (exact) mass is 438 g/mol. The fourth-order valence-corrected chi connectivity index (χ4v) is 3.76. The molecular weight excluding hydrogens is 416 g/mol. The van der Waals surface area contributed by atoms with Crippen molar-refractivity contribution in [1.82, 2.24) is 5.32 Å². The van der Waals surface area contributed by atoms with Crippen LogP contribution >= 0.6 is 11.3 Å². The number of thiophene rings is 1. The number of esters is 1. The molecule has 0 radical (unpaired) electrons. The van der Waals surface area contributed by atoms with E-state index in [1.807, 2.05) is 43.3 Å². The predicted molar refractivity (Wildman–Crippen MR) is 120 cm³/mol. The van der Waals surface area contributed by atoms with Crippen molar-refractivity contribution in [3.05, 3.63) is 71.1 Å². The summed E-state index contributed by atoms with van der Waals surface area (Å²) < 4.78 is 10.2. The van der Waals surface area contributed by atoms with Crippen LogP contribution in [0.1, 0.15) is 27.0 Å². The molecule has 2 amide bonds. The van der Waals surface area contributed by atoms with Crippen LogP contribution < -0.4 is 15.4 Å². The van der Waals surface area contributed by atoms with Crippen LogP contribution in [0.2, 0.25) is 0 Å². The fraction of sp³-hybridized carbons (Fsp3) is 0.174. The molecule has 0 aliphatic carbocycles. The number of benzene rings is 2. The van der Waals surface area contributed by atoms with Gasteiger partial charge in [-0.2, -0.15) is 0 Å². The molecule has 3 aromatic rings. The van der Waals surface area contributed by atoms with Crippen molar-refractivity contribution >= 4 is 34.8 Å². The number of amides is 2. The summed E-state index contributed by atoms with van der Waals surface area (Å²) in [7, 11) is 1.25. The van der Waals surface area contributed by atoms with Crippen molar-refractivity contribution in [3.63, 3.8) is 0 Å². The number of carbonyl (C=O) groups is 3. The topological polar surface area (TPSA) is 93.7 Å². The lowest BCUT2D eigenvalue weighted by Crippen LogP contribution is -2.30. The second-order valence-corrected chi connectivity index (χ2v) is 7.45. The van der Waals surface area contributed by atoms with Gasteiger partial charge < -0.3 is 20.1 Å². The van der Waals surface area contributed by atoms with E-state index in [4.69, 9.17) is 4.74 Å². The molecule has 0 fully saturated rings. The molecule has 0 bridgehead atoms. The number of hydrogen-bond acceptors (Lipinski definition) is 6. The number of methoxy groups -OCH3 is 1. The van der Waals surface area contributed by atoms with E-state index >= 15 is 0 Å². The summed E-state index contributed by atoms with van der Waals surface area (Å²) in [6.07, 6.45) is 0. The highest BCUT2D eigenvalue weighted by Crippen LogP contribution is 2.36. The van der Waals surface area contributed by atoms with Crippen LogP contribution in [0.25, 0.3) is 10.4 Å². The van der Waals surface area contributed by atoms with E-state index in [0.29, 0.717) is 28.5 Å². The quantitative estimate of drug-likeness (QED) is 0.519. The predicted octanol–water partition coefficient (Wildman–Crippen LogP) is 3.97. The van der Waals surface area contributed by atoms with E-state index in [-0.39, 0.29) is 12.5 Å². The normalized spacial score (nSPS) is 10.3. The molecule has 0 saturated heterocycles. The van der Waals surface area contributed by atoms with E-state index < -0.39 is 11.9 Å². The molecule has 1 heterocycles. The van der Waals surface area contributed by atoms with Crippen LogP contribution in [0, 0.1) is 0 Å². The molecular formula is C23H22N2O5S. The molecule has 2 N–H and O–H groups in total. The van der Waals surface area contributed by atoms with Gasteiger partial charge in [0.1, 0.15) is 17.2 Å². The Morgan fingerprint density at radius 2 is 1.68 bits per heavy atom. The van der Waals surface area contributed by atoms with Gasteiger partial charge >= 0.3 is 5.97 Å². The first-order chi connectivity index (χ1) is 15.0. The van der Waals surface area contributed by atoms with Crippen molar-refractivity contribution in [3.8, 4) is 16.2 Å². The van der Waals surface area contributed by atoms with Crippen LogP contribution in [0.3, 0.4) is 0 Å². The molecule has 31 heavy (non-hydrogen) atoms. The summed E-state index contributed by atoms with van der Waals surface area (Å²) in [4.78, 5) is 37.5. The lowest BCUT2D eigenvalue weighted by molar-refractivity contribution is -0.139. The first kappa shape index (κ1) is 22.0. The zero-order valence-corrected chi connectivity index (χ0v) is 18.0. The third kappa shape index (κ3) is 5.70. The summed E-state index contributed by atoms with van der Waals surface area (Å²) in [6, 6.07) is 18.0. The van der Waals surface area contributed by atoms with Crippen molar-refractivity contribution < 1.29 is 23.9 Å². The number of hydrogen-bond donors (Lipinski definition) is 2. The van der Waals surface area contributed by atoms with Gasteiger partial charge in [0.25, 0.3) is 11.8 Å². The molecule has 2 aromatic carbocycles. The van der Waals surface area contributed by atoms with E-state index in [9.17, 15) is 14.4 Å². The van der Waals surface area contributed by atoms with Gasteiger partial charge in [0.2, 0.25) is 0 Å². The average Bonchev–Trinajstić information content (AvgIpc) is 3.22. The molecule has 160 valence electrons. The van der Waals surface area contributed by atoms with Gasteiger partial charge in [0.05, 0.1) is 13.7 Å². The second kappa shape index (κ2) is 10.4. The summed E-state index contributed by atoms with van der Waals surface area (Å²) >= 11 is 1.35. The number of carbonyl (C=O) groups excluding carboxylic acids is 3. The first-order valence-electron chi connectivity index (χ1n) is 9.60. The van der Waals surface area contributed by atoms with E-state index in [1.165, 1.54) is 18.4 Å². The molecule has 0 saturated carbocycles. The molecule has 7 nitrogen and oxygen atoms in total. The summed E-state index contributed by atoms with van der Waals surface area (Å²) in [5.41, 5.74) is 1.90. The van der Waals surface area contributed by atoms with Gasteiger partial charge in [0.15, 0.2) is 0 Å². The highest BCUT2D eigenvalue weighted by atomic mass is 32.1. The van der Waals surface area contributed by atoms with E-state index in [0.717, 1.165) is 10.4 Å². The van der Waals surface area contributed by atoms with Crippen LogP contribution in [-0.4, -0.2) is 38.0 Å². The number of ether oxygens (including phenoxy) is 2. The summed E-state index contributed by atoms with van der Waals surface area (Å²) in [5.74, 6) is -0.706. The SMILES string of the molecule is CCOc1cc(-c2ccccc2)sc1C(=O)Nc1ccc(C(=O)NCC(=O)OC)cc1. The Morgan fingerprint density at radius 1 is 0.968 bits per heavy atom. The van der Waals surface area contributed by atoms with Crippen molar-refractivity contribution in [2.75, 3.05) is 25.6 Å².